The first-order valence-corrected chi connectivity index (χ1v) is 8.96. The molecular formula is C21H25NO2. The molecule has 1 aliphatic carbocycles. The molecule has 3 nitrogen and oxygen atoms in total. The summed E-state index contributed by atoms with van der Waals surface area (Å²) in [6.07, 6.45) is 1.42. The number of aliphatic hydroxyl groups excluding tert-OH is 1. The molecule has 1 heterocycles. The van der Waals surface area contributed by atoms with Crippen LogP contribution < -0.4 is 0 Å². The second kappa shape index (κ2) is 7.06. The van der Waals surface area contributed by atoms with E-state index in [0.717, 1.165) is 45.7 Å². The summed E-state index contributed by atoms with van der Waals surface area (Å²) < 4.78 is 5.41. The van der Waals surface area contributed by atoms with Crippen LogP contribution in [0.3, 0.4) is 0 Å². The van der Waals surface area contributed by atoms with E-state index in [9.17, 15) is 5.11 Å². The fourth-order valence-corrected chi connectivity index (χ4v) is 4.09. The average Bonchev–Trinajstić information content (AvgIpc) is 2.65. The van der Waals surface area contributed by atoms with Gasteiger partial charge in [-0.15, -0.1) is 0 Å². The van der Waals surface area contributed by atoms with Crippen molar-refractivity contribution < 1.29 is 9.84 Å². The zero-order valence-electron chi connectivity index (χ0n) is 14.0. The predicted molar refractivity (Wildman–Crippen MR) is 95.4 cm³/mol. The molecule has 3 heteroatoms. The van der Waals surface area contributed by atoms with Crippen LogP contribution in [0.25, 0.3) is 0 Å². The van der Waals surface area contributed by atoms with E-state index in [4.69, 9.17) is 4.74 Å². The molecule has 1 N–H and O–H groups in total. The predicted octanol–water partition coefficient (Wildman–Crippen LogP) is 2.81. The second-order valence-corrected chi connectivity index (χ2v) is 6.86. The molecular weight excluding hydrogens is 298 g/mol. The number of fused-ring (bicyclic) bond motifs is 2. The Hall–Kier alpha value is -1.68. The van der Waals surface area contributed by atoms with Crippen molar-refractivity contribution >= 4 is 0 Å². The number of rotatable bonds is 4. The molecule has 4 rings (SSSR count). The van der Waals surface area contributed by atoms with Crippen molar-refractivity contribution in [1.29, 1.82) is 0 Å². The largest absolute Gasteiger partial charge is 0.392 e. The monoisotopic (exact) mass is 323 g/mol. The summed E-state index contributed by atoms with van der Waals surface area (Å²) in [7, 11) is 0. The van der Waals surface area contributed by atoms with Crippen LogP contribution >= 0.6 is 0 Å². The Labute approximate surface area is 143 Å². The first-order valence-electron chi connectivity index (χ1n) is 8.96. The normalized spacial score (nSPS) is 19.5. The van der Waals surface area contributed by atoms with Gasteiger partial charge in [-0.1, -0.05) is 48.5 Å². The van der Waals surface area contributed by atoms with Crippen molar-refractivity contribution in [2.24, 2.45) is 0 Å². The minimum Gasteiger partial charge on any atom is -0.392 e. The van der Waals surface area contributed by atoms with Gasteiger partial charge in [0.2, 0.25) is 0 Å². The van der Waals surface area contributed by atoms with Gasteiger partial charge in [-0.25, -0.2) is 0 Å². The van der Waals surface area contributed by atoms with E-state index < -0.39 is 0 Å². The molecule has 1 saturated heterocycles. The third-order valence-electron chi connectivity index (χ3n) is 5.39. The van der Waals surface area contributed by atoms with Crippen molar-refractivity contribution in [3.63, 3.8) is 0 Å². The third-order valence-corrected chi connectivity index (χ3v) is 5.39. The third kappa shape index (κ3) is 3.12. The Morgan fingerprint density at radius 1 is 0.958 bits per heavy atom. The molecule has 0 saturated carbocycles. The van der Waals surface area contributed by atoms with E-state index in [-0.39, 0.29) is 12.0 Å². The summed E-state index contributed by atoms with van der Waals surface area (Å²) in [4.78, 5) is 2.40. The molecule has 0 bridgehead atoms. The van der Waals surface area contributed by atoms with Gasteiger partial charge >= 0.3 is 0 Å². The summed E-state index contributed by atoms with van der Waals surface area (Å²) in [5.41, 5.74) is 5.30. The Morgan fingerprint density at radius 3 is 2.17 bits per heavy atom. The molecule has 126 valence electrons. The van der Waals surface area contributed by atoms with Gasteiger partial charge in [-0.2, -0.15) is 0 Å². The zero-order valence-corrected chi connectivity index (χ0v) is 14.0. The molecule has 0 aromatic heterocycles. The maximum atomic E-state index is 11.0. The van der Waals surface area contributed by atoms with E-state index in [0.29, 0.717) is 0 Å². The Kier molecular flexibility index (Phi) is 4.65. The fraction of sp³-hybridized carbons (Fsp3) is 0.429. The minimum absolute atomic E-state index is 0.0900. The van der Waals surface area contributed by atoms with Crippen molar-refractivity contribution in [2.45, 2.75) is 24.9 Å². The van der Waals surface area contributed by atoms with Crippen LogP contribution in [0.1, 0.15) is 34.6 Å². The van der Waals surface area contributed by atoms with Gasteiger partial charge in [-0.05, 0) is 35.1 Å². The van der Waals surface area contributed by atoms with E-state index in [1.165, 1.54) is 22.3 Å². The van der Waals surface area contributed by atoms with E-state index >= 15 is 0 Å². The summed E-state index contributed by atoms with van der Waals surface area (Å²) in [6, 6.07) is 17.2. The topological polar surface area (TPSA) is 32.7 Å². The number of nitrogens with zero attached hydrogens (tertiary/aromatic N) is 1. The summed E-state index contributed by atoms with van der Waals surface area (Å²) in [5.74, 6) is 0.0900. The second-order valence-electron chi connectivity index (χ2n) is 6.86. The average molecular weight is 323 g/mol. The highest BCUT2D eigenvalue weighted by molar-refractivity contribution is 5.49. The lowest BCUT2D eigenvalue weighted by atomic mass is 9.75. The van der Waals surface area contributed by atoms with Crippen molar-refractivity contribution in [3.8, 4) is 0 Å². The number of morpholine rings is 1. The smallest absolute Gasteiger partial charge is 0.0661 e. The van der Waals surface area contributed by atoms with Crippen LogP contribution in [0, 0.1) is 0 Å². The molecule has 2 aromatic rings. The van der Waals surface area contributed by atoms with Gasteiger partial charge < -0.3 is 9.84 Å². The van der Waals surface area contributed by atoms with E-state index in [1.54, 1.807) is 0 Å². The number of benzene rings is 2. The van der Waals surface area contributed by atoms with Crippen LogP contribution in [0.15, 0.2) is 48.5 Å². The highest BCUT2D eigenvalue weighted by atomic mass is 16.5. The van der Waals surface area contributed by atoms with Gasteiger partial charge in [0.1, 0.15) is 0 Å². The number of hydrogen-bond donors (Lipinski definition) is 1. The molecule has 0 spiro atoms. The van der Waals surface area contributed by atoms with Crippen LogP contribution in [-0.4, -0.2) is 49.0 Å². The summed E-state index contributed by atoms with van der Waals surface area (Å²) >= 11 is 0. The molecule has 2 aliphatic rings. The first kappa shape index (κ1) is 15.8. The van der Waals surface area contributed by atoms with Gasteiger partial charge in [-0.3, -0.25) is 4.90 Å². The van der Waals surface area contributed by atoms with E-state index in [1.807, 2.05) is 0 Å². The van der Waals surface area contributed by atoms with Crippen LogP contribution in [0.5, 0.6) is 0 Å². The van der Waals surface area contributed by atoms with Gasteiger partial charge in [0.15, 0.2) is 0 Å². The lowest BCUT2D eigenvalue weighted by molar-refractivity contribution is 0.0288. The van der Waals surface area contributed by atoms with Crippen molar-refractivity contribution in [2.75, 3.05) is 32.8 Å². The summed E-state index contributed by atoms with van der Waals surface area (Å²) in [5, 5.41) is 11.0. The van der Waals surface area contributed by atoms with Crippen LogP contribution in [-0.2, 0) is 11.2 Å². The van der Waals surface area contributed by atoms with E-state index in [2.05, 4.69) is 53.4 Å². The molecule has 1 aliphatic heterocycles. The number of aliphatic hydroxyl groups is 1. The zero-order chi connectivity index (χ0) is 16.4. The minimum atomic E-state index is -0.351. The maximum absolute atomic E-state index is 11.0. The first-order chi connectivity index (χ1) is 11.8. The SMILES string of the molecule is OC(CCN1CCOCC1)C1c2ccccc2Cc2ccccc21. The molecule has 1 fully saturated rings. The quantitative estimate of drug-likeness (QED) is 0.939. The number of hydrogen-bond acceptors (Lipinski definition) is 3. The highest BCUT2D eigenvalue weighted by Gasteiger charge is 2.30. The van der Waals surface area contributed by atoms with Gasteiger partial charge in [0.25, 0.3) is 0 Å². The van der Waals surface area contributed by atoms with Crippen molar-refractivity contribution in [1.82, 2.24) is 4.90 Å². The molecule has 0 amide bonds. The van der Waals surface area contributed by atoms with Crippen molar-refractivity contribution in [3.05, 3.63) is 70.8 Å². The molecule has 1 atom stereocenters. The molecule has 1 unspecified atom stereocenters. The summed E-state index contributed by atoms with van der Waals surface area (Å²) in [6.45, 7) is 4.51. The van der Waals surface area contributed by atoms with Gasteiger partial charge in [0.05, 0.1) is 19.3 Å². The molecule has 0 radical (unpaired) electrons. The molecule has 24 heavy (non-hydrogen) atoms. The highest BCUT2D eigenvalue weighted by Crippen LogP contribution is 2.39. The Balaban J connectivity index is 1.57. The standard InChI is InChI=1S/C21H25NO2/c23-20(9-10-22-11-13-24-14-12-22)21-18-7-3-1-5-16(18)15-17-6-2-4-8-19(17)21/h1-8,20-21,23H,9-15H2. The molecule has 2 aromatic carbocycles. The van der Waals surface area contributed by atoms with Crippen LogP contribution in [0.4, 0.5) is 0 Å². The Morgan fingerprint density at radius 2 is 1.54 bits per heavy atom. The lowest BCUT2D eigenvalue weighted by Gasteiger charge is -2.33. The fourth-order valence-electron chi connectivity index (χ4n) is 4.09. The Bertz CT molecular complexity index is 648. The van der Waals surface area contributed by atoms with Gasteiger partial charge in [0, 0.05) is 25.6 Å². The van der Waals surface area contributed by atoms with Crippen LogP contribution in [0.2, 0.25) is 0 Å². The lowest BCUT2D eigenvalue weighted by Crippen LogP contribution is -2.38. The number of ether oxygens (including phenoxy) is 1. The maximum Gasteiger partial charge on any atom is 0.0661 e.